The second-order valence-corrected chi connectivity index (χ2v) is 7.22. The van der Waals surface area contributed by atoms with Crippen molar-refractivity contribution in [3.63, 3.8) is 0 Å². The zero-order valence-corrected chi connectivity index (χ0v) is 13.4. The van der Waals surface area contributed by atoms with Crippen LogP contribution in [0.1, 0.15) is 15.8 Å². The van der Waals surface area contributed by atoms with Crippen molar-refractivity contribution in [3.8, 4) is 0 Å². The van der Waals surface area contributed by atoms with E-state index in [2.05, 4.69) is 31.9 Å². The fourth-order valence-corrected chi connectivity index (χ4v) is 4.08. The van der Waals surface area contributed by atoms with Gasteiger partial charge in [0.1, 0.15) is 0 Å². The predicted octanol–water partition coefficient (Wildman–Crippen LogP) is 6.25. The molecule has 2 rings (SSSR count). The van der Waals surface area contributed by atoms with Gasteiger partial charge in [0, 0.05) is 13.8 Å². The molecule has 5 heteroatoms. The number of halogens is 4. The highest BCUT2D eigenvalue weighted by atomic mass is 79.9. The lowest BCUT2D eigenvalue weighted by Crippen LogP contribution is -1.90. The Hall–Kier alpha value is 0.460. The minimum absolute atomic E-state index is 0.161. The van der Waals surface area contributed by atoms with Crippen molar-refractivity contribution in [1.29, 1.82) is 0 Å². The summed E-state index contributed by atoms with van der Waals surface area (Å²) in [6.07, 6.45) is 0. The van der Waals surface area contributed by atoms with Crippen LogP contribution in [-0.2, 0) is 0 Å². The molecule has 1 aromatic carbocycles. The van der Waals surface area contributed by atoms with E-state index in [1.54, 1.807) is 0 Å². The molecule has 0 N–H and O–H groups in total. The van der Waals surface area contributed by atoms with Crippen LogP contribution in [0.3, 0.4) is 0 Å². The molecule has 0 bridgehead atoms. The highest BCUT2D eigenvalue weighted by Gasteiger charge is 2.14. The molecule has 0 aliphatic carbocycles. The first-order chi connectivity index (χ1) is 7.56. The Kier molecular flexibility index (Phi) is 4.36. The number of benzene rings is 1. The van der Waals surface area contributed by atoms with E-state index in [9.17, 15) is 0 Å². The van der Waals surface area contributed by atoms with Crippen LogP contribution in [0.4, 0.5) is 0 Å². The van der Waals surface area contributed by atoms with Gasteiger partial charge in [0.2, 0.25) is 0 Å². The van der Waals surface area contributed by atoms with Gasteiger partial charge in [-0.1, -0.05) is 43.5 Å². The fraction of sp³-hybridized carbons (Fsp3) is 0.0909. The summed E-state index contributed by atoms with van der Waals surface area (Å²) in [7, 11) is 0. The second-order valence-electron chi connectivity index (χ2n) is 3.21. The predicted molar refractivity (Wildman–Crippen MR) is 78.9 cm³/mol. The standard InChI is InChI=1S/C11H6Br2Cl2S/c12-7-3-6(4-8(13)5-7)11(15)9-1-2-10(14)16-9/h1-5,11H. The first kappa shape index (κ1) is 12.9. The van der Waals surface area contributed by atoms with Gasteiger partial charge in [-0.2, -0.15) is 0 Å². The van der Waals surface area contributed by atoms with Crippen LogP contribution in [0.5, 0.6) is 0 Å². The summed E-state index contributed by atoms with van der Waals surface area (Å²) < 4.78 is 2.77. The minimum atomic E-state index is -0.161. The zero-order valence-electron chi connectivity index (χ0n) is 7.88. The number of hydrogen-bond acceptors (Lipinski definition) is 1. The van der Waals surface area contributed by atoms with E-state index in [0.29, 0.717) is 0 Å². The van der Waals surface area contributed by atoms with Crippen LogP contribution in [0, 0.1) is 0 Å². The lowest BCUT2D eigenvalue weighted by atomic mass is 10.1. The number of hydrogen-bond donors (Lipinski definition) is 0. The number of rotatable bonds is 2. The van der Waals surface area contributed by atoms with E-state index in [0.717, 1.165) is 23.7 Å². The summed E-state index contributed by atoms with van der Waals surface area (Å²) in [6, 6.07) is 9.82. The molecule has 0 saturated carbocycles. The van der Waals surface area contributed by atoms with Gasteiger partial charge in [-0.25, -0.2) is 0 Å². The third-order valence-corrected chi connectivity index (χ3v) is 4.85. The molecule has 1 aromatic heterocycles. The van der Waals surface area contributed by atoms with Gasteiger partial charge in [0.15, 0.2) is 0 Å². The highest BCUT2D eigenvalue weighted by Crippen LogP contribution is 2.37. The Labute approximate surface area is 125 Å². The SMILES string of the molecule is Clc1ccc(C(Cl)c2cc(Br)cc(Br)c2)s1. The van der Waals surface area contributed by atoms with E-state index in [-0.39, 0.29) is 5.38 Å². The molecule has 1 heterocycles. The van der Waals surface area contributed by atoms with Crippen molar-refractivity contribution >= 4 is 66.4 Å². The largest absolute Gasteiger partial charge is 0.127 e. The normalized spacial score (nSPS) is 12.8. The van der Waals surface area contributed by atoms with E-state index in [1.807, 2.05) is 30.3 Å². The molecular weight excluding hydrogens is 395 g/mol. The van der Waals surface area contributed by atoms with Crippen LogP contribution in [-0.4, -0.2) is 0 Å². The van der Waals surface area contributed by atoms with Gasteiger partial charge in [0.05, 0.1) is 9.71 Å². The summed E-state index contributed by atoms with van der Waals surface area (Å²) in [5.74, 6) is 0. The minimum Gasteiger partial charge on any atom is -0.127 e. The molecular formula is C11H6Br2Cl2S. The molecule has 2 aromatic rings. The molecule has 0 fully saturated rings. The first-order valence-electron chi connectivity index (χ1n) is 4.41. The highest BCUT2D eigenvalue weighted by molar-refractivity contribution is 9.11. The molecule has 16 heavy (non-hydrogen) atoms. The number of thiophene rings is 1. The maximum atomic E-state index is 6.40. The lowest BCUT2D eigenvalue weighted by molar-refractivity contribution is 1.18. The van der Waals surface area contributed by atoms with Crippen LogP contribution in [0.15, 0.2) is 39.3 Å². The van der Waals surface area contributed by atoms with Crippen LogP contribution >= 0.6 is 66.4 Å². The average Bonchev–Trinajstić information content (AvgIpc) is 2.62. The molecule has 0 saturated heterocycles. The van der Waals surface area contributed by atoms with Gasteiger partial charge in [-0.15, -0.1) is 22.9 Å². The van der Waals surface area contributed by atoms with Gasteiger partial charge in [-0.05, 0) is 35.9 Å². The Bertz CT molecular complexity index is 490. The number of alkyl halides is 1. The zero-order chi connectivity index (χ0) is 11.7. The van der Waals surface area contributed by atoms with Crippen LogP contribution < -0.4 is 0 Å². The Balaban J connectivity index is 2.37. The Morgan fingerprint density at radius 3 is 2.19 bits per heavy atom. The summed E-state index contributed by atoms with van der Waals surface area (Å²) >= 11 is 20.7. The molecule has 0 radical (unpaired) electrons. The van der Waals surface area contributed by atoms with E-state index in [4.69, 9.17) is 23.2 Å². The Morgan fingerprint density at radius 2 is 1.69 bits per heavy atom. The summed E-state index contributed by atoms with van der Waals surface area (Å²) in [5, 5.41) is -0.161. The smallest absolute Gasteiger partial charge is 0.0931 e. The molecule has 0 nitrogen and oxygen atoms in total. The summed E-state index contributed by atoms with van der Waals surface area (Å²) in [6.45, 7) is 0. The maximum absolute atomic E-state index is 6.40. The van der Waals surface area contributed by atoms with E-state index in [1.165, 1.54) is 11.3 Å². The van der Waals surface area contributed by atoms with Gasteiger partial charge in [-0.3, -0.25) is 0 Å². The quantitative estimate of drug-likeness (QED) is 0.522. The molecule has 0 spiro atoms. The van der Waals surface area contributed by atoms with Crippen molar-refractivity contribution in [2.45, 2.75) is 5.38 Å². The van der Waals surface area contributed by atoms with Crippen molar-refractivity contribution in [2.75, 3.05) is 0 Å². The third-order valence-electron chi connectivity index (χ3n) is 2.02. The molecule has 1 atom stereocenters. The van der Waals surface area contributed by atoms with Crippen LogP contribution in [0.2, 0.25) is 4.34 Å². The lowest BCUT2D eigenvalue weighted by Gasteiger charge is -2.08. The summed E-state index contributed by atoms with van der Waals surface area (Å²) in [4.78, 5) is 1.05. The molecule has 0 aliphatic heterocycles. The molecule has 1 unspecified atom stereocenters. The van der Waals surface area contributed by atoms with Crippen LogP contribution in [0.25, 0.3) is 0 Å². The third kappa shape index (κ3) is 3.02. The molecule has 84 valence electrons. The fourth-order valence-electron chi connectivity index (χ4n) is 1.35. The monoisotopic (exact) mass is 398 g/mol. The molecule has 0 amide bonds. The van der Waals surface area contributed by atoms with Gasteiger partial charge < -0.3 is 0 Å². The average molecular weight is 401 g/mol. The topological polar surface area (TPSA) is 0 Å². The summed E-state index contributed by atoms with van der Waals surface area (Å²) in [5.41, 5.74) is 1.04. The van der Waals surface area contributed by atoms with Crippen molar-refractivity contribution in [1.82, 2.24) is 0 Å². The van der Waals surface area contributed by atoms with Gasteiger partial charge >= 0.3 is 0 Å². The molecule has 0 aliphatic rings. The Morgan fingerprint density at radius 1 is 1.06 bits per heavy atom. The van der Waals surface area contributed by atoms with Crippen molar-refractivity contribution < 1.29 is 0 Å². The maximum Gasteiger partial charge on any atom is 0.0931 e. The van der Waals surface area contributed by atoms with Gasteiger partial charge in [0.25, 0.3) is 0 Å². The van der Waals surface area contributed by atoms with Crippen molar-refractivity contribution in [2.24, 2.45) is 0 Å². The van der Waals surface area contributed by atoms with E-state index >= 15 is 0 Å². The van der Waals surface area contributed by atoms with E-state index < -0.39 is 0 Å². The first-order valence-corrected chi connectivity index (χ1v) is 7.63. The van der Waals surface area contributed by atoms with Crippen molar-refractivity contribution in [3.05, 3.63) is 54.1 Å². The second kappa shape index (κ2) is 5.40.